The predicted molar refractivity (Wildman–Crippen MR) is 140 cm³/mol. The van der Waals surface area contributed by atoms with Gasteiger partial charge >= 0.3 is 0 Å². The number of halogens is 3. The van der Waals surface area contributed by atoms with E-state index in [1.54, 1.807) is 31.3 Å². The zero-order valence-corrected chi connectivity index (χ0v) is 21.4. The van der Waals surface area contributed by atoms with Crippen molar-refractivity contribution in [3.63, 3.8) is 0 Å². The molecule has 0 amide bonds. The Balaban J connectivity index is 1.73. The van der Waals surface area contributed by atoms with Crippen LogP contribution in [0, 0.1) is 17.0 Å². The lowest BCUT2D eigenvalue weighted by molar-refractivity contribution is 0.469. The van der Waals surface area contributed by atoms with Crippen molar-refractivity contribution in [3.8, 4) is 22.8 Å². The minimum Gasteiger partial charge on any atom is -0.453 e. The van der Waals surface area contributed by atoms with E-state index in [1.165, 1.54) is 40.4 Å². The van der Waals surface area contributed by atoms with Crippen LogP contribution in [-0.4, -0.2) is 31.6 Å². The molecule has 37 heavy (non-hydrogen) atoms. The van der Waals surface area contributed by atoms with Crippen molar-refractivity contribution in [2.24, 2.45) is 0 Å². The van der Waals surface area contributed by atoms with E-state index in [4.69, 9.17) is 21.7 Å². The fourth-order valence-corrected chi connectivity index (χ4v) is 5.15. The highest BCUT2D eigenvalue weighted by Crippen LogP contribution is 2.37. The minimum atomic E-state index is -4.30. The van der Waals surface area contributed by atoms with Gasteiger partial charge in [0.1, 0.15) is 28.0 Å². The average Bonchev–Trinajstić information content (AvgIpc) is 3.37. The van der Waals surface area contributed by atoms with Gasteiger partial charge in [-0.05, 0) is 48.5 Å². The Kier molecular flexibility index (Phi) is 7.81. The lowest BCUT2D eigenvalue weighted by atomic mass is 10.1. The summed E-state index contributed by atoms with van der Waals surface area (Å²) in [7, 11) is -2.68. The van der Waals surface area contributed by atoms with Crippen molar-refractivity contribution in [1.82, 2.24) is 15.3 Å². The number of nitrogens with one attached hydrogen (secondary N) is 3. The lowest BCUT2D eigenvalue weighted by Gasteiger charge is -2.16. The highest BCUT2D eigenvalue weighted by molar-refractivity contribution is 7.92. The summed E-state index contributed by atoms with van der Waals surface area (Å²) < 4.78 is 61.6. The molecule has 0 aliphatic heterocycles. The highest BCUT2D eigenvalue weighted by atomic mass is 35.5. The molecule has 2 heterocycles. The summed E-state index contributed by atoms with van der Waals surface area (Å²) >= 11 is 7.46. The second-order valence-electron chi connectivity index (χ2n) is 7.34. The molecule has 2 aromatic heterocycles. The first-order valence-corrected chi connectivity index (χ1v) is 13.3. The second-order valence-corrected chi connectivity index (χ2v) is 10.1. The number of hydrogen-bond donors (Lipinski definition) is 3. The third-order valence-corrected chi connectivity index (χ3v) is 7.19. The first-order chi connectivity index (χ1) is 17.7. The van der Waals surface area contributed by atoms with E-state index in [1.807, 2.05) is 0 Å². The van der Waals surface area contributed by atoms with Crippen LogP contribution in [0.3, 0.4) is 0 Å². The molecule has 2 aromatic carbocycles. The molecule has 0 saturated heterocycles. The van der Waals surface area contributed by atoms with Crippen LogP contribution in [0.5, 0.6) is 11.5 Å². The number of thiazole rings is 1. The number of benzene rings is 2. The van der Waals surface area contributed by atoms with Gasteiger partial charge < -0.3 is 15.5 Å². The van der Waals surface area contributed by atoms with Gasteiger partial charge in [0.05, 0.1) is 21.9 Å². The van der Waals surface area contributed by atoms with Gasteiger partial charge in [0.2, 0.25) is 0 Å². The molecule has 0 atom stereocenters. The van der Waals surface area contributed by atoms with Crippen molar-refractivity contribution in [1.29, 1.82) is 5.41 Å². The normalized spacial score (nSPS) is 11.7. The van der Waals surface area contributed by atoms with E-state index in [0.29, 0.717) is 17.0 Å². The van der Waals surface area contributed by atoms with Crippen molar-refractivity contribution in [2.75, 3.05) is 11.8 Å². The van der Waals surface area contributed by atoms with Gasteiger partial charge in [-0.15, -0.1) is 11.3 Å². The van der Waals surface area contributed by atoms with Gasteiger partial charge in [0, 0.05) is 30.3 Å². The number of sulfonamides is 1. The lowest BCUT2D eigenvalue weighted by Crippen LogP contribution is -2.15. The largest absolute Gasteiger partial charge is 0.453 e. The van der Waals surface area contributed by atoms with Crippen LogP contribution in [0.1, 0.15) is 5.69 Å². The summed E-state index contributed by atoms with van der Waals surface area (Å²) in [6.45, 7) is 0. The molecule has 0 aliphatic rings. The van der Waals surface area contributed by atoms with Crippen molar-refractivity contribution in [2.45, 2.75) is 4.90 Å². The van der Waals surface area contributed by atoms with Crippen molar-refractivity contribution in [3.05, 3.63) is 87.8 Å². The Bertz CT molecular complexity index is 1580. The summed E-state index contributed by atoms with van der Waals surface area (Å²) in [4.78, 5) is 7.73. The van der Waals surface area contributed by atoms with Crippen molar-refractivity contribution < 1.29 is 21.9 Å². The van der Waals surface area contributed by atoms with E-state index in [2.05, 4.69) is 20.0 Å². The maximum Gasteiger partial charge on any atom is 0.266 e. The summed E-state index contributed by atoms with van der Waals surface area (Å²) in [6.07, 6.45) is 2.48. The zero-order valence-electron chi connectivity index (χ0n) is 19.0. The molecule has 0 unspecified atom stereocenters. The monoisotopic (exact) mass is 561 g/mol. The number of nitrogens with zero attached hydrogens (tertiary/aromatic N) is 2. The van der Waals surface area contributed by atoms with Gasteiger partial charge in [-0.25, -0.2) is 27.2 Å². The second kappa shape index (κ2) is 11.0. The smallest absolute Gasteiger partial charge is 0.266 e. The zero-order chi connectivity index (χ0) is 26.6. The fraction of sp³-hybridized carbons (Fsp3) is 0.0417. The number of aromatic nitrogens is 2. The van der Waals surface area contributed by atoms with Gasteiger partial charge in [-0.3, -0.25) is 4.72 Å². The molecule has 0 radical (unpaired) electrons. The fourth-order valence-electron chi connectivity index (χ4n) is 3.24. The molecule has 0 saturated carbocycles. The Labute approximate surface area is 220 Å². The number of allylic oxidation sites excluding steroid dienone is 1. The summed E-state index contributed by atoms with van der Waals surface area (Å²) in [5.41, 5.74) is 3.20. The number of pyridine rings is 1. The first kappa shape index (κ1) is 26.2. The topological polar surface area (TPSA) is 117 Å². The van der Waals surface area contributed by atoms with E-state index in [9.17, 15) is 17.2 Å². The third kappa shape index (κ3) is 5.93. The van der Waals surface area contributed by atoms with Crippen molar-refractivity contribution >= 4 is 50.7 Å². The highest BCUT2D eigenvalue weighted by Gasteiger charge is 2.24. The maximum absolute atomic E-state index is 14.9. The first-order valence-electron chi connectivity index (χ1n) is 10.5. The maximum atomic E-state index is 14.9. The summed E-state index contributed by atoms with van der Waals surface area (Å²) in [5, 5.41) is 11.6. The number of hydrogen-bond acceptors (Lipinski definition) is 8. The van der Waals surface area contributed by atoms with Crippen LogP contribution >= 0.6 is 22.9 Å². The Morgan fingerprint density at radius 2 is 1.89 bits per heavy atom. The van der Waals surface area contributed by atoms with Crippen LogP contribution in [0.25, 0.3) is 17.0 Å². The quantitative estimate of drug-likeness (QED) is 0.218. The van der Waals surface area contributed by atoms with Gasteiger partial charge in [0.25, 0.3) is 10.0 Å². The number of ether oxygens (including phenoxy) is 1. The number of anilines is 1. The summed E-state index contributed by atoms with van der Waals surface area (Å²) in [6, 6.07) is 10.7. The molecular weight excluding hydrogens is 544 g/mol. The predicted octanol–water partition coefficient (Wildman–Crippen LogP) is 5.94. The molecule has 0 bridgehead atoms. The SMILES string of the molecule is CN/C(=C\C=N)c1nc(-c2ccc(F)cc2)ccc1Oc1cc(F)c(S(=O)(=O)Nc2cscn2)cc1Cl. The van der Waals surface area contributed by atoms with Crippen LogP contribution in [0.2, 0.25) is 5.02 Å². The minimum absolute atomic E-state index is 0.0513. The van der Waals surface area contributed by atoms with Gasteiger partial charge in [0.15, 0.2) is 11.6 Å². The van der Waals surface area contributed by atoms with Crippen LogP contribution in [-0.2, 0) is 10.0 Å². The van der Waals surface area contributed by atoms with Crippen LogP contribution < -0.4 is 14.8 Å². The molecule has 4 rings (SSSR count). The van der Waals surface area contributed by atoms with Crippen LogP contribution in [0.4, 0.5) is 14.6 Å². The average molecular weight is 562 g/mol. The van der Waals surface area contributed by atoms with Crippen LogP contribution in [0.15, 0.2) is 70.4 Å². The third-order valence-electron chi connectivity index (χ3n) is 4.94. The number of rotatable bonds is 9. The molecule has 190 valence electrons. The molecule has 4 aromatic rings. The standard InChI is InChI=1S/C24H18ClF2N5O3S2/c1-29-19(8-9-28)24-20(7-6-18(31-24)14-2-4-15(26)5-3-14)35-21-11-17(27)22(10-16(21)25)37(33,34)32-23-12-36-13-30-23/h2-13,28-29,32H,1H3/b19-8-,28-9?. The molecule has 8 nitrogen and oxygen atoms in total. The Hall–Kier alpha value is -3.87. The Morgan fingerprint density at radius 3 is 2.54 bits per heavy atom. The van der Waals surface area contributed by atoms with E-state index >= 15 is 0 Å². The van der Waals surface area contributed by atoms with E-state index < -0.39 is 26.6 Å². The molecular formula is C24H18ClF2N5O3S2. The molecule has 0 spiro atoms. The van der Waals surface area contributed by atoms with Gasteiger partial charge in [-0.1, -0.05) is 11.6 Å². The molecule has 0 aliphatic carbocycles. The van der Waals surface area contributed by atoms with Gasteiger partial charge in [-0.2, -0.15) is 0 Å². The Morgan fingerprint density at radius 1 is 1.14 bits per heavy atom. The molecule has 0 fully saturated rings. The van der Waals surface area contributed by atoms with E-state index in [0.717, 1.165) is 18.3 Å². The molecule has 3 N–H and O–H groups in total. The summed E-state index contributed by atoms with van der Waals surface area (Å²) in [5.74, 6) is -1.45. The van der Waals surface area contributed by atoms with E-state index in [-0.39, 0.29) is 28.0 Å². The molecule has 13 heteroatoms.